The van der Waals surface area contributed by atoms with Gasteiger partial charge in [0.25, 0.3) is 0 Å². The molecule has 0 aliphatic carbocycles. The van der Waals surface area contributed by atoms with E-state index >= 15 is 0 Å². The molecule has 2 heterocycles. The molecule has 5 nitrogen and oxygen atoms in total. The van der Waals surface area contributed by atoms with Gasteiger partial charge in [0.15, 0.2) is 0 Å². The van der Waals surface area contributed by atoms with Gasteiger partial charge in [0, 0.05) is 52.4 Å². The normalized spacial score (nSPS) is 19.6. The van der Waals surface area contributed by atoms with Crippen LogP contribution in [0.3, 0.4) is 0 Å². The van der Waals surface area contributed by atoms with Crippen molar-refractivity contribution in [1.82, 2.24) is 20.0 Å². The number of benzene rings is 1. The zero-order chi connectivity index (χ0) is 16.8. The standard InChI is InChI=1S/C19H30N4O/c1-2-21-11-13-22(14-12-21)16-18-8-4-3-7-17(18)15-20-19(24)23-9-5-6-10-23/h3-4,7-8H,2,5-6,9-16H2,1H3,(H,20,24). The average Bonchev–Trinajstić information content (AvgIpc) is 3.16. The lowest BCUT2D eigenvalue weighted by Gasteiger charge is -2.34. The van der Waals surface area contributed by atoms with Crippen molar-refractivity contribution in [2.75, 3.05) is 45.8 Å². The van der Waals surface area contributed by atoms with Crippen LogP contribution in [0.25, 0.3) is 0 Å². The number of nitrogens with one attached hydrogen (secondary N) is 1. The summed E-state index contributed by atoms with van der Waals surface area (Å²) in [6.07, 6.45) is 2.27. The number of carbonyl (C=O) groups is 1. The van der Waals surface area contributed by atoms with E-state index in [1.165, 1.54) is 11.1 Å². The molecule has 0 radical (unpaired) electrons. The predicted octanol–water partition coefficient (Wildman–Crippen LogP) is 2.13. The second-order valence-corrected chi connectivity index (χ2v) is 6.83. The summed E-state index contributed by atoms with van der Waals surface area (Å²) in [4.78, 5) is 19.1. The molecular formula is C19H30N4O. The lowest BCUT2D eigenvalue weighted by Crippen LogP contribution is -2.45. The van der Waals surface area contributed by atoms with Gasteiger partial charge >= 0.3 is 6.03 Å². The van der Waals surface area contributed by atoms with E-state index in [-0.39, 0.29) is 6.03 Å². The van der Waals surface area contributed by atoms with Crippen LogP contribution in [-0.4, -0.2) is 66.5 Å². The maximum absolute atomic E-state index is 12.2. The van der Waals surface area contributed by atoms with E-state index in [0.717, 1.165) is 65.2 Å². The van der Waals surface area contributed by atoms with Crippen LogP contribution < -0.4 is 5.32 Å². The Labute approximate surface area is 145 Å². The highest BCUT2D eigenvalue weighted by Crippen LogP contribution is 2.14. The molecule has 2 aliphatic heterocycles. The topological polar surface area (TPSA) is 38.8 Å². The molecule has 2 amide bonds. The molecule has 24 heavy (non-hydrogen) atoms. The Balaban J connectivity index is 1.54. The zero-order valence-corrected chi connectivity index (χ0v) is 14.8. The third-order valence-electron chi connectivity index (χ3n) is 5.25. The maximum Gasteiger partial charge on any atom is 0.317 e. The summed E-state index contributed by atoms with van der Waals surface area (Å²) in [6.45, 7) is 11.3. The molecule has 1 aromatic rings. The highest BCUT2D eigenvalue weighted by Gasteiger charge is 2.19. The molecule has 1 aromatic carbocycles. The van der Waals surface area contributed by atoms with Crippen LogP contribution in [0.4, 0.5) is 4.79 Å². The predicted molar refractivity (Wildman–Crippen MR) is 96.9 cm³/mol. The van der Waals surface area contributed by atoms with E-state index in [1.54, 1.807) is 0 Å². The molecule has 2 fully saturated rings. The third kappa shape index (κ3) is 4.48. The van der Waals surface area contributed by atoms with E-state index in [4.69, 9.17) is 0 Å². The first-order chi connectivity index (χ1) is 11.8. The molecule has 2 saturated heterocycles. The maximum atomic E-state index is 12.2. The number of hydrogen-bond donors (Lipinski definition) is 1. The smallest absolute Gasteiger partial charge is 0.317 e. The van der Waals surface area contributed by atoms with Crippen molar-refractivity contribution in [3.05, 3.63) is 35.4 Å². The first-order valence-corrected chi connectivity index (χ1v) is 9.30. The van der Waals surface area contributed by atoms with E-state index in [0.29, 0.717) is 6.54 Å². The number of hydrogen-bond acceptors (Lipinski definition) is 3. The van der Waals surface area contributed by atoms with E-state index in [1.807, 2.05) is 4.90 Å². The molecule has 132 valence electrons. The van der Waals surface area contributed by atoms with Crippen LogP contribution >= 0.6 is 0 Å². The number of urea groups is 1. The van der Waals surface area contributed by atoms with Gasteiger partial charge in [-0.3, -0.25) is 4.90 Å². The minimum Gasteiger partial charge on any atom is -0.334 e. The molecule has 3 rings (SSSR count). The summed E-state index contributed by atoms with van der Waals surface area (Å²) in [5, 5.41) is 3.09. The second-order valence-electron chi connectivity index (χ2n) is 6.83. The fourth-order valence-corrected chi connectivity index (χ4v) is 3.59. The van der Waals surface area contributed by atoms with Gasteiger partial charge in [0.2, 0.25) is 0 Å². The number of likely N-dealkylation sites (tertiary alicyclic amines) is 1. The first-order valence-electron chi connectivity index (χ1n) is 9.30. The molecule has 0 atom stereocenters. The van der Waals surface area contributed by atoms with Gasteiger partial charge in [0.05, 0.1) is 0 Å². The highest BCUT2D eigenvalue weighted by atomic mass is 16.2. The van der Waals surface area contributed by atoms with E-state index < -0.39 is 0 Å². The van der Waals surface area contributed by atoms with Gasteiger partial charge in [-0.1, -0.05) is 31.2 Å². The Morgan fingerprint density at radius 1 is 0.958 bits per heavy atom. The van der Waals surface area contributed by atoms with Crippen LogP contribution in [0, 0.1) is 0 Å². The van der Waals surface area contributed by atoms with Crippen molar-refractivity contribution in [2.45, 2.75) is 32.9 Å². The van der Waals surface area contributed by atoms with Crippen molar-refractivity contribution in [1.29, 1.82) is 0 Å². The largest absolute Gasteiger partial charge is 0.334 e. The van der Waals surface area contributed by atoms with Gasteiger partial charge in [-0.05, 0) is 30.5 Å². The first kappa shape index (κ1) is 17.2. The van der Waals surface area contributed by atoms with E-state index in [2.05, 4.69) is 46.3 Å². The van der Waals surface area contributed by atoms with Gasteiger partial charge in [-0.2, -0.15) is 0 Å². The molecule has 0 spiro atoms. The number of rotatable bonds is 5. The van der Waals surface area contributed by atoms with Crippen LogP contribution in [-0.2, 0) is 13.1 Å². The van der Waals surface area contributed by atoms with Gasteiger partial charge in [-0.25, -0.2) is 4.79 Å². The third-order valence-corrected chi connectivity index (χ3v) is 5.25. The molecule has 0 saturated carbocycles. The Hall–Kier alpha value is -1.59. The second kappa shape index (κ2) is 8.49. The van der Waals surface area contributed by atoms with Crippen LogP contribution in [0.15, 0.2) is 24.3 Å². The minimum atomic E-state index is 0.0823. The molecule has 5 heteroatoms. The van der Waals surface area contributed by atoms with Crippen LogP contribution in [0.5, 0.6) is 0 Å². The zero-order valence-electron chi connectivity index (χ0n) is 14.8. The van der Waals surface area contributed by atoms with E-state index in [9.17, 15) is 4.79 Å². The summed E-state index contributed by atoms with van der Waals surface area (Å²) >= 11 is 0. The summed E-state index contributed by atoms with van der Waals surface area (Å²) in [5.74, 6) is 0. The fraction of sp³-hybridized carbons (Fsp3) is 0.632. The lowest BCUT2D eigenvalue weighted by molar-refractivity contribution is 0.131. The fourth-order valence-electron chi connectivity index (χ4n) is 3.59. The summed E-state index contributed by atoms with van der Waals surface area (Å²) in [5.41, 5.74) is 2.58. The Kier molecular flexibility index (Phi) is 6.10. The monoisotopic (exact) mass is 330 g/mol. The summed E-state index contributed by atoms with van der Waals surface area (Å²) < 4.78 is 0. The lowest BCUT2D eigenvalue weighted by atomic mass is 10.1. The molecular weight excluding hydrogens is 300 g/mol. The Morgan fingerprint density at radius 2 is 1.58 bits per heavy atom. The van der Waals surface area contributed by atoms with Crippen molar-refractivity contribution in [2.24, 2.45) is 0 Å². The number of carbonyl (C=O) groups excluding carboxylic acids is 1. The van der Waals surface area contributed by atoms with Crippen molar-refractivity contribution in [3.63, 3.8) is 0 Å². The minimum absolute atomic E-state index is 0.0823. The Morgan fingerprint density at radius 3 is 2.25 bits per heavy atom. The number of likely N-dealkylation sites (N-methyl/N-ethyl adjacent to an activating group) is 1. The van der Waals surface area contributed by atoms with Crippen molar-refractivity contribution in [3.8, 4) is 0 Å². The van der Waals surface area contributed by atoms with Crippen molar-refractivity contribution >= 4 is 6.03 Å². The highest BCUT2D eigenvalue weighted by molar-refractivity contribution is 5.74. The van der Waals surface area contributed by atoms with Crippen molar-refractivity contribution < 1.29 is 4.79 Å². The summed E-state index contributed by atoms with van der Waals surface area (Å²) in [6, 6.07) is 8.59. The van der Waals surface area contributed by atoms with Gasteiger partial charge < -0.3 is 15.1 Å². The summed E-state index contributed by atoms with van der Waals surface area (Å²) in [7, 11) is 0. The quantitative estimate of drug-likeness (QED) is 0.899. The molecule has 2 aliphatic rings. The Bertz CT molecular complexity index is 534. The molecule has 0 bridgehead atoms. The van der Waals surface area contributed by atoms with Gasteiger partial charge in [0.1, 0.15) is 0 Å². The number of amides is 2. The van der Waals surface area contributed by atoms with Crippen LogP contribution in [0.1, 0.15) is 30.9 Å². The SMILES string of the molecule is CCN1CCN(Cc2ccccc2CNC(=O)N2CCCC2)CC1. The van der Waals surface area contributed by atoms with Gasteiger partial charge in [-0.15, -0.1) is 0 Å². The average molecular weight is 330 g/mol. The molecule has 1 N–H and O–H groups in total. The molecule has 0 aromatic heterocycles. The number of nitrogens with zero attached hydrogens (tertiary/aromatic N) is 3. The number of piperazine rings is 1. The van der Waals surface area contributed by atoms with Crippen LogP contribution in [0.2, 0.25) is 0 Å². The molecule has 0 unspecified atom stereocenters.